The zero-order valence-electron chi connectivity index (χ0n) is 15.1. The van der Waals surface area contributed by atoms with Crippen molar-refractivity contribution in [1.29, 1.82) is 0 Å². The smallest absolute Gasteiger partial charge is 0.187 e. The maximum atomic E-state index is 12.5. The molecule has 1 unspecified atom stereocenters. The van der Waals surface area contributed by atoms with Crippen molar-refractivity contribution in [2.24, 2.45) is 11.8 Å². The Bertz CT molecular complexity index is 776. The quantitative estimate of drug-likeness (QED) is 0.418. The molecule has 2 fully saturated rings. The number of H-pyrrole nitrogens is 1. The zero-order chi connectivity index (χ0) is 18.1. The Kier molecular flexibility index (Phi) is 5.55. The molecule has 2 saturated carbocycles. The molecule has 0 amide bonds. The second-order valence-electron chi connectivity index (χ2n) is 7.64. The number of rotatable bonds is 7. The first-order valence-electron chi connectivity index (χ1n) is 9.59. The van der Waals surface area contributed by atoms with Gasteiger partial charge in [0, 0.05) is 16.7 Å². The summed E-state index contributed by atoms with van der Waals surface area (Å²) in [6, 6.07) is 8.83. The van der Waals surface area contributed by atoms with Crippen LogP contribution in [0.4, 0.5) is 0 Å². The van der Waals surface area contributed by atoms with Crippen LogP contribution in [0.1, 0.15) is 72.7 Å². The van der Waals surface area contributed by atoms with Gasteiger partial charge in [0.25, 0.3) is 0 Å². The lowest BCUT2D eigenvalue weighted by atomic mass is 9.87. The number of nitrogens with zero attached hydrogens (tertiary/aromatic N) is 1. The second kappa shape index (κ2) is 7.89. The summed E-state index contributed by atoms with van der Waals surface area (Å²) in [7, 11) is 0. The lowest BCUT2D eigenvalue weighted by Gasteiger charge is -2.19. The van der Waals surface area contributed by atoms with Gasteiger partial charge in [0.1, 0.15) is 16.1 Å². The first kappa shape index (κ1) is 18.3. The van der Waals surface area contributed by atoms with E-state index < -0.39 is 0 Å². The van der Waals surface area contributed by atoms with Crippen molar-refractivity contribution in [2.75, 3.05) is 6.26 Å². The van der Waals surface area contributed by atoms with Crippen molar-refractivity contribution < 1.29 is 4.79 Å². The number of Topliss-reactive ketones (excluding diaryl/α,β-unsaturated/α-hetero) is 1. The molecule has 3 nitrogen and oxygen atoms in total. The molecule has 2 aromatic rings. The fraction of sp³-hybridized carbons (Fsp3) is 0.524. The molecule has 1 heterocycles. The highest BCUT2D eigenvalue weighted by Crippen LogP contribution is 2.39. The van der Waals surface area contributed by atoms with Crippen molar-refractivity contribution in [1.82, 2.24) is 9.97 Å². The minimum absolute atomic E-state index is 0.191. The number of aromatic nitrogens is 2. The number of hydrogen-bond acceptors (Lipinski definition) is 3. The lowest BCUT2D eigenvalue weighted by Crippen LogP contribution is -2.09. The summed E-state index contributed by atoms with van der Waals surface area (Å²) in [5.41, 5.74) is 1.89. The summed E-state index contributed by atoms with van der Waals surface area (Å²) in [6.07, 6.45) is 10.5. The molecule has 26 heavy (non-hydrogen) atoms. The van der Waals surface area contributed by atoms with Gasteiger partial charge in [-0.25, -0.2) is 4.98 Å². The molecular weight excluding hydrogens is 408 g/mol. The molecule has 0 saturated heterocycles. The Morgan fingerprint density at radius 3 is 2.54 bits per heavy atom. The summed E-state index contributed by atoms with van der Waals surface area (Å²) < 4.78 is 0.751. The first-order valence-corrected chi connectivity index (χ1v) is 11.6. The molecule has 0 radical (unpaired) electrons. The van der Waals surface area contributed by atoms with Gasteiger partial charge in [-0.15, -0.1) is 11.8 Å². The van der Waals surface area contributed by atoms with Crippen LogP contribution in [0.5, 0.6) is 0 Å². The van der Waals surface area contributed by atoms with E-state index in [-0.39, 0.29) is 17.6 Å². The van der Waals surface area contributed by atoms with Gasteiger partial charge in [-0.05, 0) is 65.1 Å². The van der Waals surface area contributed by atoms with E-state index in [0.717, 1.165) is 35.6 Å². The molecule has 138 valence electrons. The Hall–Kier alpha value is -1.07. The van der Waals surface area contributed by atoms with Crippen LogP contribution in [0.25, 0.3) is 0 Å². The molecule has 2 aliphatic carbocycles. The van der Waals surface area contributed by atoms with Gasteiger partial charge in [-0.3, -0.25) is 4.79 Å². The predicted octanol–water partition coefficient (Wildman–Crippen LogP) is 6.20. The van der Waals surface area contributed by atoms with E-state index >= 15 is 0 Å². The van der Waals surface area contributed by atoms with Crippen LogP contribution < -0.4 is 0 Å². The topological polar surface area (TPSA) is 45.8 Å². The van der Waals surface area contributed by atoms with Crippen molar-refractivity contribution >= 4 is 33.5 Å². The number of thioether (sulfide) groups is 1. The molecule has 1 N–H and O–H groups in total. The van der Waals surface area contributed by atoms with Crippen LogP contribution in [0.3, 0.4) is 0 Å². The monoisotopic (exact) mass is 432 g/mol. The van der Waals surface area contributed by atoms with E-state index in [9.17, 15) is 4.79 Å². The van der Waals surface area contributed by atoms with Crippen molar-refractivity contribution in [3.05, 3.63) is 46.0 Å². The van der Waals surface area contributed by atoms with E-state index in [0.29, 0.717) is 5.69 Å². The molecule has 5 heteroatoms. The van der Waals surface area contributed by atoms with E-state index in [1.54, 1.807) is 11.8 Å². The van der Waals surface area contributed by atoms with Gasteiger partial charge in [0.2, 0.25) is 0 Å². The minimum Gasteiger partial charge on any atom is -0.336 e. The van der Waals surface area contributed by atoms with Gasteiger partial charge < -0.3 is 4.98 Å². The third kappa shape index (κ3) is 3.94. The Morgan fingerprint density at radius 2 is 1.92 bits per heavy atom. The maximum absolute atomic E-state index is 12.5. The van der Waals surface area contributed by atoms with Crippen molar-refractivity contribution in [2.45, 2.75) is 55.8 Å². The van der Waals surface area contributed by atoms with Gasteiger partial charge in [0.05, 0.1) is 0 Å². The predicted molar refractivity (Wildman–Crippen MR) is 110 cm³/mol. The van der Waals surface area contributed by atoms with Crippen LogP contribution in [0.2, 0.25) is 0 Å². The molecule has 1 aromatic heterocycles. The number of nitrogens with one attached hydrogen (secondary N) is 1. The lowest BCUT2D eigenvalue weighted by molar-refractivity contribution is 0.0962. The maximum Gasteiger partial charge on any atom is 0.187 e. The van der Waals surface area contributed by atoms with E-state index in [4.69, 9.17) is 4.98 Å². The highest BCUT2D eigenvalue weighted by atomic mass is 79.9. The largest absolute Gasteiger partial charge is 0.336 e. The highest BCUT2D eigenvalue weighted by Gasteiger charge is 2.34. The summed E-state index contributed by atoms with van der Waals surface area (Å²) in [5, 5.41) is 0. The van der Waals surface area contributed by atoms with Crippen LogP contribution in [-0.2, 0) is 0 Å². The molecule has 0 bridgehead atoms. The summed E-state index contributed by atoms with van der Waals surface area (Å²) in [5.74, 6) is 2.30. The SMILES string of the molecule is CSc1ccc(C(CC2CCCC2)c2nc(C(=O)C3CC3)c(Br)[nH]2)cc1. The molecule has 2 aliphatic rings. The average molecular weight is 433 g/mol. The minimum atomic E-state index is 0.191. The van der Waals surface area contributed by atoms with Crippen LogP contribution in [-0.4, -0.2) is 22.0 Å². The molecule has 1 aromatic carbocycles. The van der Waals surface area contributed by atoms with Crippen molar-refractivity contribution in [3.8, 4) is 0 Å². The number of hydrogen-bond donors (Lipinski definition) is 1. The van der Waals surface area contributed by atoms with Crippen LogP contribution >= 0.6 is 27.7 Å². The number of carbonyl (C=O) groups excluding carboxylic acids is 1. The third-order valence-electron chi connectivity index (χ3n) is 5.75. The zero-order valence-corrected chi connectivity index (χ0v) is 17.5. The Labute approximate surface area is 167 Å². The average Bonchev–Trinajstić information content (AvgIpc) is 3.25. The summed E-state index contributed by atoms with van der Waals surface area (Å²) in [6.45, 7) is 0. The normalized spacial score (nSPS) is 19.0. The van der Waals surface area contributed by atoms with Gasteiger partial charge in [0.15, 0.2) is 5.78 Å². The Balaban J connectivity index is 1.64. The molecular formula is C21H25BrN2OS. The number of halogens is 1. The standard InChI is InChI=1S/C21H25BrN2OS/c1-26-16-10-8-14(9-11-16)17(12-13-4-2-3-5-13)21-23-18(20(22)24-21)19(25)15-6-7-15/h8-11,13,15,17H,2-7,12H2,1H3,(H,23,24). The number of carbonyl (C=O) groups is 1. The van der Waals surface area contributed by atoms with E-state index in [1.807, 2.05) is 0 Å². The number of aromatic amines is 1. The molecule has 0 spiro atoms. The summed E-state index contributed by atoms with van der Waals surface area (Å²) in [4.78, 5) is 22.0. The number of benzene rings is 1. The van der Waals surface area contributed by atoms with Gasteiger partial charge in [-0.2, -0.15) is 0 Å². The Morgan fingerprint density at radius 1 is 1.23 bits per heavy atom. The van der Waals surface area contributed by atoms with Crippen LogP contribution in [0.15, 0.2) is 33.8 Å². The molecule has 4 rings (SSSR count). The molecule has 0 aliphatic heterocycles. The molecule has 1 atom stereocenters. The van der Waals surface area contributed by atoms with Gasteiger partial charge >= 0.3 is 0 Å². The summed E-state index contributed by atoms with van der Waals surface area (Å²) >= 11 is 5.31. The third-order valence-corrected chi connectivity index (χ3v) is 7.07. The fourth-order valence-electron chi connectivity index (χ4n) is 4.06. The van der Waals surface area contributed by atoms with Crippen LogP contribution in [0, 0.1) is 11.8 Å². The van der Waals surface area contributed by atoms with Crippen molar-refractivity contribution in [3.63, 3.8) is 0 Å². The van der Waals surface area contributed by atoms with Gasteiger partial charge in [-0.1, -0.05) is 37.8 Å². The number of ketones is 1. The van der Waals surface area contributed by atoms with E-state index in [1.165, 1.54) is 36.1 Å². The fourth-order valence-corrected chi connectivity index (χ4v) is 4.95. The first-order chi connectivity index (χ1) is 12.7. The second-order valence-corrected chi connectivity index (χ2v) is 9.31. The highest BCUT2D eigenvalue weighted by molar-refractivity contribution is 9.10. The number of imidazole rings is 1. The van der Waals surface area contributed by atoms with E-state index in [2.05, 4.69) is 51.4 Å².